The highest BCUT2D eigenvalue weighted by Gasteiger charge is 2.32. The first-order valence-corrected chi connectivity index (χ1v) is 4.29. The number of nitrogens with two attached hydrogens (primary N) is 1. The zero-order valence-electron chi connectivity index (χ0n) is 8.34. The van der Waals surface area contributed by atoms with Crippen molar-refractivity contribution in [3.05, 3.63) is 22.9 Å². The molecule has 1 rings (SSSR count). The lowest BCUT2D eigenvalue weighted by Crippen LogP contribution is -2.19. The van der Waals surface area contributed by atoms with Crippen LogP contribution >= 0.6 is 0 Å². The Morgan fingerprint density at radius 1 is 1.56 bits per heavy atom. The van der Waals surface area contributed by atoms with E-state index in [0.717, 1.165) is 0 Å². The molecular formula is C9H9F3N2O2. The topological polar surface area (TPSA) is 65.2 Å². The second-order valence-electron chi connectivity index (χ2n) is 3.02. The van der Waals surface area contributed by atoms with Crippen molar-refractivity contribution in [1.29, 1.82) is 0 Å². The van der Waals surface area contributed by atoms with E-state index in [1.165, 1.54) is 13.0 Å². The molecule has 2 N–H and O–H groups in total. The predicted octanol–water partition coefficient (Wildman–Crippen LogP) is 1.56. The molecule has 16 heavy (non-hydrogen) atoms. The van der Waals surface area contributed by atoms with Gasteiger partial charge in [-0.15, -0.1) is 13.2 Å². The number of carbonyl (C=O) groups is 1. The third kappa shape index (κ3) is 2.93. The number of rotatable bonds is 3. The SMILES string of the molecule is Cc1cc(C=O)c(CN)nc1OC(F)(F)F. The molecule has 1 heterocycles. The van der Waals surface area contributed by atoms with Crippen LogP contribution < -0.4 is 10.5 Å². The van der Waals surface area contributed by atoms with Gasteiger partial charge in [0.2, 0.25) is 5.88 Å². The van der Waals surface area contributed by atoms with Crippen molar-refractivity contribution >= 4 is 6.29 Å². The van der Waals surface area contributed by atoms with Crippen LogP contribution in [0.1, 0.15) is 21.6 Å². The van der Waals surface area contributed by atoms with Gasteiger partial charge in [0.05, 0.1) is 5.69 Å². The zero-order chi connectivity index (χ0) is 12.3. The quantitative estimate of drug-likeness (QED) is 0.806. The van der Waals surface area contributed by atoms with Crippen molar-refractivity contribution in [3.8, 4) is 5.88 Å². The van der Waals surface area contributed by atoms with Gasteiger partial charge in [0, 0.05) is 17.7 Å². The van der Waals surface area contributed by atoms with E-state index >= 15 is 0 Å². The Bertz CT molecular complexity index is 404. The summed E-state index contributed by atoms with van der Waals surface area (Å²) >= 11 is 0. The molecule has 0 bridgehead atoms. The second kappa shape index (κ2) is 4.48. The van der Waals surface area contributed by atoms with Gasteiger partial charge in [-0.1, -0.05) is 0 Å². The van der Waals surface area contributed by atoms with Crippen molar-refractivity contribution in [2.24, 2.45) is 5.73 Å². The van der Waals surface area contributed by atoms with Crippen LogP contribution in [-0.2, 0) is 6.54 Å². The molecule has 0 saturated heterocycles. The first-order valence-electron chi connectivity index (χ1n) is 4.29. The Morgan fingerprint density at radius 3 is 2.62 bits per heavy atom. The van der Waals surface area contributed by atoms with E-state index in [-0.39, 0.29) is 23.4 Å². The van der Waals surface area contributed by atoms with Crippen LogP contribution in [-0.4, -0.2) is 17.6 Å². The second-order valence-corrected chi connectivity index (χ2v) is 3.02. The molecule has 0 atom stereocenters. The summed E-state index contributed by atoms with van der Waals surface area (Å²) in [5.41, 5.74) is 5.60. The number of aryl methyl sites for hydroxylation is 1. The number of ether oxygens (including phenoxy) is 1. The van der Waals surface area contributed by atoms with Crippen LogP contribution in [0.2, 0.25) is 0 Å². The van der Waals surface area contributed by atoms with Crippen molar-refractivity contribution < 1.29 is 22.7 Å². The van der Waals surface area contributed by atoms with Gasteiger partial charge in [-0.05, 0) is 13.0 Å². The highest BCUT2D eigenvalue weighted by atomic mass is 19.4. The minimum atomic E-state index is -4.81. The first kappa shape index (κ1) is 12.4. The minimum Gasteiger partial charge on any atom is -0.388 e. The zero-order valence-corrected chi connectivity index (χ0v) is 8.34. The largest absolute Gasteiger partial charge is 0.574 e. The molecule has 0 aromatic carbocycles. The molecule has 7 heteroatoms. The highest BCUT2D eigenvalue weighted by molar-refractivity contribution is 5.77. The normalized spacial score (nSPS) is 11.3. The van der Waals surface area contributed by atoms with E-state index in [1.54, 1.807) is 0 Å². The number of nitrogens with zero attached hydrogens (tertiary/aromatic N) is 1. The lowest BCUT2D eigenvalue weighted by molar-refractivity contribution is -0.276. The fourth-order valence-electron chi connectivity index (χ4n) is 1.13. The molecule has 0 radical (unpaired) electrons. The number of halogens is 3. The van der Waals surface area contributed by atoms with Gasteiger partial charge in [-0.3, -0.25) is 4.79 Å². The molecule has 88 valence electrons. The summed E-state index contributed by atoms with van der Waals surface area (Å²) in [4.78, 5) is 14.1. The fourth-order valence-corrected chi connectivity index (χ4v) is 1.13. The van der Waals surface area contributed by atoms with E-state index in [0.29, 0.717) is 6.29 Å². The van der Waals surface area contributed by atoms with Gasteiger partial charge < -0.3 is 10.5 Å². The lowest BCUT2D eigenvalue weighted by Gasteiger charge is -2.12. The van der Waals surface area contributed by atoms with Crippen LogP contribution in [0.3, 0.4) is 0 Å². The van der Waals surface area contributed by atoms with E-state index in [2.05, 4.69) is 9.72 Å². The van der Waals surface area contributed by atoms with Crippen LogP contribution in [0.15, 0.2) is 6.07 Å². The number of aldehydes is 1. The number of alkyl halides is 3. The lowest BCUT2D eigenvalue weighted by atomic mass is 10.1. The number of pyridine rings is 1. The van der Waals surface area contributed by atoms with Gasteiger partial charge >= 0.3 is 6.36 Å². The molecule has 1 aromatic heterocycles. The molecule has 0 unspecified atom stereocenters. The Balaban J connectivity index is 3.16. The van der Waals surface area contributed by atoms with Gasteiger partial charge in [-0.25, -0.2) is 4.98 Å². The maximum Gasteiger partial charge on any atom is 0.574 e. The van der Waals surface area contributed by atoms with E-state index in [9.17, 15) is 18.0 Å². The van der Waals surface area contributed by atoms with Crippen molar-refractivity contribution in [1.82, 2.24) is 4.98 Å². The summed E-state index contributed by atoms with van der Waals surface area (Å²) in [6.45, 7) is 1.23. The van der Waals surface area contributed by atoms with E-state index in [1.807, 2.05) is 0 Å². The summed E-state index contributed by atoms with van der Waals surface area (Å²) in [5.74, 6) is -0.585. The van der Waals surface area contributed by atoms with Crippen molar-refractivity contribution in [2.45, 2.75) is 19.8 Å². The molecule has 0 aliphatic carbocycles. The van der Waals surface area contributed by atoms with Gasteiger partial charge in [0.1, 0.15) is 0 Å². The molecule has 0 fully saturated rings. The summed E-state index contributed by atoms with van der Waals surface area (Å²) in [7, 11) is 0. The van der Waals surface area contributed by atoms with Crippen LogP contribution in [0.25, 0.3) is 0 Å². The van der Waals surface area contributed by atoms with Gasteiger partial charge in [0.25, 0.3) is 0 Å². The number of aromatic nitrogens is 1. The Labute approximate surface area is 89.2 Å². The smallest absolute Gasteiger partial charge is 0.388 e. The minimum absolute atomic E-state index is 0.0693. The van der Waals surface area contributed by atoms with Crippen molar-refractivity contribution in [2.75, 3.05) is 0 Å². The molecule has 0 saturated carbocycles. The summed E-state index contributed by atoms with van der Waals surface area (Å²) < 4.78 is 39.6. The van der Waals surface area contributed by atoms with Crippen LogP contribution in [0.5, 0.6) is 5.88 Å². The first-order chi connectivity index (χ1) is 7.37. The van der Waals surface area contributed by atoms with Crippen LogP contribution in [0.4, 0.5) is 13.2 Å². The monoisotopic (exact) mass is 234 g/mol. The van der Waals surface area contributed by atoms with Gasteiger partial charge in [-0.2, -0.15) is 0 Å². The Kier molecular flexibility index (Phi) is 3.48. The number of carbonyl (C=O) groups excluding carboxylic acids is 1. The predicted molar refractivity (Wildman–Crippen MR) is 48.9 cm³/mol. The fraction of sp³-hybridized carbons (Fsp3) is 0.333. The third-order valence-electron chi connectivity index (χ3n) is 1.81. The summed E-state index contributed by atoms with van der Waals surface area (Å²) in [6.07, 6.45) is -4.33. The molecule has 0 amide bonds. The Morgan fingerprint density at radius 2 is 2.19 bits per heavy atom. The summed E-state index contributed by atoms with van der Waals surface area (Å²) in [6, 6.07) is 1.25. The van der Waals surface area contributed by atoms with E-state index < -0.39 is 12.2 Å². The number of hydrogen-bond donors (Lipinski definition) is 1. The molecule has 0 aliphatic rings. The molecule has 0 aliphatic heterocycles. The molecule has 1 aromatic rings. The average Bonchev–Trinajstić information content (AvgIpc) is 2.18. The van der Waals surface area contributed by atoms with Crippen LogP contribution in [0, 0.1) is 6.92 Å². The number of hydrogen-bond acceptors (Lipinski definition) is 4. The maximum absolute atomic E-state index is 12.0. The highest BCUT2D eigenvalue weighted by Crippen LogP contribution is 2.25. The van der Waals surface area contributed by atoms with Crippen molar-refractivity contribution in [3.63, 3.8) is 0 Å². The summed E-state index contributed by atoms with van der Waals surface area (Å²) in [5, 5.41) is 0. The van der Waals surface area contributed by atoms with E-state index in [4.69, 9.17) is 5.73 Å². The maximum atomic E-state index is 12.0. The molecule has 4 nitrogen and oxygen atoms in total. The standard InChI is InChI=1S/C9H9F3N2O2/c1-5-2-6(4-15)7(3-13)14-8(5)16-9(10,11)12/h2,4H,3,13H2,1H3. The third-order valence-corrected chi connectivity index (χ3v) is 1.81. The average molecular weight is 234 g/mol. The molecule has 0 spiro atoms. The van der Waals surface area contributed by atoms with Gasteiger partial charge in [0.15, 0.2) is 6.29 Å². The Hall–Kier alpha value is -1.63. The molecular weight excluding hydrogens is 225 g/mol.